The summed E-state index contributed by atoms with van der Waals surface area (Å²) < 4.78 is 13.0. The number of allylic oxidation sites excluding steroid dienone is 1. The number of halogens is 1. The Morgan fingerprint density at radius 2 is 1.78 bits per heavy atom. The zero-order valence-electron chi connectivity index (χ0n) is 20.8. The van der Waals surface area contributed by atoms with Crippen molar-refractivity contribution in [1.82, 2.24) is 19.9 Å². The van der Waals surface area contributed by atoms with Crippen LogP contribution >= 0.6 is 0 Å². The van der Waals surface area contributed by atoms with Crippen LogP contribution in [0.25, 0.3) is 22.2 Å². The van der Waals surface area contributed by atoms with Crippen molar-refractivity contribution >= 4 is 39.8 Å². The minimum absolute atomic E-state index is 0.473. The van der Waals surface area contributed by atoms with Crippen LogP contribution < -0.4 is 15.5 Å². The normalized spacial score (nSPS) is 14.6. The van der Waals surface area contributed by atoms with Gasteiger partial charge < -0.3 is 20.4 Å². The number of nitrogens with zero attached hydrogens (tertiary/aromatic N) is 5. The molecule has 1 fully saturated rings. The third-order valence-electron chi connectivity index (χ3n) is 6.24. The summed E-state index contributed by atoms with van der Waals surface area (Å²) in [4.78, 5) is 30.4. The Kier molecular flexibility index (Phi) is 7.04. The molecule has 1 aliphatic rings. The van der Waals surface area contributed by atoms with Crippen molar-refractivity contribution in [2.75, 3.05) is 48.8 Å². The number of amides is 1. The number of para-hydroxylation sites is 1. The van der Waals surface area contributed by atoms with Crippen molar-refractivity contribution in [3.63, 3.8) is 0 Å². The van der Waals surface area contributed by atoms with Crippen LogP contribution in [0.3, 0.4) is 0 Å². The molecule has 5 rings (SSSR count). The second kappa shape index (κ2) is 10.7. The van der Waals surface area contributed by atoms with Crippen molar-refractivity contribution in [2.24, 2.45) is 0 Å². The average Bonchev–Trinajstić information content (AvgIpc) is 2.89. The molecule has 0 atom stereocenters. The second-order valence-electron chi connectivity index (χ2n) is 9.05. The maximum Gasteiger partial charge on any atom is 0.250 e. The number of carbonyl (C=O) groups excluding carboxylic acids is 1. The number of benzene rings is 2. The first-order valence-corrected chi connectivity index (χ1v) is 12.1. The topological polar surface area (TPSA) is 86.3 Å². The number of piperazine rings is 1. The molecule has 0 saturated carbocycles. The molecule has 37 heavy (non-hydrogen) atoms. The lowest BCUT2D eigenvalue weighted by molar-refractivity contribution is -0.112. The molecule has 8 nitrogen and oxygen atoms in total. The summed E-state index contributed by atoms with van der Waals surface area (Å²) in [5, 5.41) is 6.82. The summed E-state index contributed by atoms with van der Waals surface area (Å²) in [5.41, 5.74) is 4.76. The lowest BCUT2D eigenvalue weighted by atomic mass is 10.1. The van der Waals surface area contributed by atoms with E-state index in [0.29, 0.717) is 17.3 Å². The molecule has 2 N–H and O–H groups in total. The number of rotatable bonds is 6. The molecular weight excluding hydrogens is 469 g/mol. The molecule has 2 aromatic carbocycles. The van der Waals surface area contributed by atoms with Crippen molar-refractivity contribution in [3.8, 4) is 11.3 Å². The molecule has 0 aliphatic carbocycles. The molecule has 1 amide bonds. The molecule has 0 bridgehead atoms. The molecule has 188 valence electrons. The Balaban J connectivity index is 1.38. The summed E-state index contributed by atoms with van der Waals surface area (Å²) in [7, 11) is 2.15. The van der Waals surface area contributed by atoms with Gasteiger partial charge >= 0.3 is 0 Å². The molecule has 1 saturated heterocycles. The largest absolute Gasteiger partial charge is 0.369 e. The van der Waals surface area contributed by atoms with Crippen molar-refractivity contribution in [3.05, 3.63) is 78.9 Å². The third-order valence-corrected chi connectivity index (χ3v) is 6.24. The maximum absolute atomic E-state index is 13.0. The van der Waals surface area contributed by atoms with E-state index in [0.717, 1.165) is 54.4 Å². The molecule has 4 aromatic rings. The van der Waals surface area contributed by atoms with Gasteiger partial charge in [-0.15, -0.1) is 0 Å². The standard InChI is InChI=1S/C28H28FN7O/c1-19(29)16-26(37)32-22-10-11-30-25(17-22)24-5-3-4-20-18-31-28(34-27(20)24)33-21-6-8-23(9-7-21)36-14-12-35(2)13-15-36/h3-11,16-18H,12-15H2,1-2H3,(H,30,32,37)(H,31,33,34)/b19-16+. The van der Waals surface area contributed by atoms with Gasteiger partial charge in [0.1, 0.15) is 5.83 Å². The minimum atomic E-state index is -0.563. The molecular formula is C28H28FN7O. The summed E-state index contributed by atoms with van der Waals surface area (Å²) in [5.74, 6) is -0.630. The van der Waals surface area contributed by atoms with Gasteiger partial charge in [0.15, 0.2) is 0 Å². The first-order valence-electron chi connectivity index (χ1n) is 12.1. The Bertz CT molecular complexity index is 1440. The van der Waals surface area contributed by atoms with Gasteiger partial charge in [0.25, 0.3) is 5.91 Å². The highest BCUT2D eigenvalue weighted by Gasteiger charge is 2.14. The van der Waals surface area contributed by atoms with Crippen LogP contribution in [-0.4, -0.2) is 59.0 Å². The van der Waals surface area contributed by atoms with Gasteiger partial charge in [-0.05, 0) is 50.4 Å². The number of carbonyl (C=O) groups is 1. The minimum Gasteiger partial charge on any atom is -0.369 e. The molecule has 1 aliphatic heterocycles. The highest BCUT2D eigenvalue weighted by molar-refractivity contribution is 6.00. The number of aromatic nitrogens is 3. The molecule has 0 radical (unpaired) electrons. The number of likely N-dealkylation sites (N-methyl/N-ethyl adjacent to an activating group) is 1. The molecule has 0 unspecified atom stereocenters. The van der Waals surface area contributed by atoms with Gasteiger partial charge in [0, 0.05) is 72.7 Å². The van der Waals surface area contributed by atoms with E-state index in [1.807, 2.05) is 30.3 Å². The zero-order chi connectivity index (χ0) is 25.8. The van der Waals surface area contributed by atoms with E-state index in [4.69, 9.17) is 4.98 Å². The van der Waals surface area contributed by atoms with Crippen LogP contribution in [0.15, 0.2) is 78.9 Å². The first kappa shape index (κ1) is 24.3. The van der Waals surface area contributed by atoms with E-state index in [9.17, 15) is 9.18 Å². The predicted octanol–water partition coefficient (Wildman–Crippen LogP) is 5.00. The lowest BCUT2D eigenvalue weighted by Gasteiger charge is -2.34. The van der Waals surface area contributed by atoms with Crippen LogP contribution in [0, 0.1) is 0 Å². The fraction of sp³-hybridized carbons (Fsp3) is 0.214. The van der Waals surface area contributed by atoms with E-state index >= 15 is 0 Å². The number of fused-ring (bicyclic) bond motifs is 1. The number of nitrogens with one attached hydrogen (secondary N) is 2. The second-order valence-corrected chi connectivity index (χ2v) is 9.05. The first-order chi connectivity index (χ1) is 17.9. The zero-order valence-corrected chi connectivity index (χ0v) is 20.8. The van der Waals surface area contributed by atoms with E-state index in [1.165, 1.54) is 12.6 Å². The fourth-order valence-electron chi connectivity index (χ4n) is 4.29. The van der Waals surface area contributed by atoms with Gasteiger partial charge in [-0.1, -0.05) is 18.2 Å². The number of hydrogen-bond acceptors (Lipinski definition) is 7. The van der Waals surface area contributed by atoms with Crippen molar-refractivity contribution in [1.29, 1.82) is 0 Å². The van der Waals surface area contributed by atoms with Gasteiger partial charge in [0.05, 0.1) is 11.2 Å². The van der Waals surface area contributed by atoms with Crippen LogP contribution in [0.2, 0.25) is 0 Å². The van der Waals surface area contributed by atoms with Gasteiger partial charge in [0.2, 0.25) is 5.95 Å². The molecule has 9 heteroatoms. The maximum atomic E-state index is 13.0. The summed E-state index contributed by atoms with van der Waals surface area (Å²) in [6, 6.07) is 17.5. The van der Waals surface area contributed by atoms with E-state index < -0.39 is 11.7 Å². The van der Waals surface area contributed by atoms with Crippen LogP contribution in [0.5, 0.6) is 0 Å². The average molecular weight is 498 g/mol. The Morgan fingerprint density at radius 3 is 2.54 bits per heavy atom. The van der Waals surface area contributed by atoms with Crippen LogP contribution in [0.1, 0.15) is 6.92 Å². The number of hydrogen-bond donors (Lipinski definition) is 2. The van der Waals surface area contributed by atoms with E-state index in [1.54, 1.807) is 24.5 Å². The fourth-order valence-corrected chi connectivity index (χ4v) is 4.29. The number of pyridine rings is 1. The SMILES string of the molecule is C/C(F)=C\C(=O)Nc1ccnc(-c2cccc3cnc(Nc4ccc(N5CCN(C)CC5)cc4)nc23)c1. The quantitative estimate of drug-likeness (QED) is 0.363. The highest BCUT2D eigenvalue weighted by Crippen LogP contribution is 2.29. The van der Waals surface area contributed by atoms with Crippen molar-refractivity contribution in [2.45, 2.75) is 6.92 Å². The Morgan fingerprint density at radius 1 is 1.00 bits per heavy atom. The smallest absolute Gasteiger partial charge is 0.250 e. The highest BCUT2D eigenvalue weighted by atomic mass is 19.1. The van der Waals surface area contributed by atoms with Crippen LogP contribution in [0.4, 0.5) is 27.4 Å². The van der Waals surface area contributed by atoms with Crippen LogP contribution in [-0.2, 0) is 4.79 Å². The summed E-state index contributed by atoms with van der Waals surface area (Å²) in [6.07, 6.45) is 4.27. The van der Waals surface area contributed by atoms with E-state index in [2.05, 4.69) is 49.6 Å². The number of anilines is 4. The molecule has 2 aromatic heterocycles. The summed E-state index contributed by atoms with van der Waals surface area (Å²) >= 11 is 0. The predicted molar refractivity (Wildman–Crippen MR) is 146 cm³/mol. The van der Waals surface area contributed by atoms with Gasteiger partial charge in [-0.3, -0.25) is 9.78 Å². The van der Waals surface area contributed by atoms with Gasteiger partial charge in [-0.25, -0.2) is 14.4 Å². The van der Waals surface area contributed by atoms with Crippen molar-refractivity contribution < 1.29 is 9.18 Å². The molecule has 3 heterocycles. The monoisotopic (exact) mass is 497 g/mol. The lowest BCUT2D eigenvalue weighted by Crippen LogP contribution is -2.44. The Labute approximate surface area is 214 Å². The summed E-state index contributed by atoms with van der Waals surface area (Å²) in [6.45, 7) is 5.38. The van der Waals surface area contributed by atoms with E-state index in [-0.39, 0.29) is 0 Å². The van der Waals surface area contributed by atoms with Gasteiger partial charge in [-0.2, -0.15) is 0 Å². The third kappa shape index (κ3) is 5.90. The molecule has 0 spiro atoms. The Hall–Kier alpha value is -4.37.